The summed E-state index contributed by atoms with van der Waals surface area (Å²) in [7, 11) is 0. The number of hydrogen-bond acceptors (Lipinski definition) is 4. The average molecular weight is 320 g/mol. The van der Waals surface area contributed by atoms with Crippen molar-refractivity contribution >= 4 is 27.3 Å². The Morgan fingerprint density at radius 3 is 2.82 bits per heavy atom. The summed E-state index contributed by atoms with van der Waals surface area (Å²) in [5.41, 5.74) is -0.582. The van der Waals surface area contributed by atoms with Gasteiger partial charge in [0.15, 0.2) is 0 Å². The lowest BCUT2D eigenvalue weighted by Gasteiger charge is -2.32. The maximum absolute atomic E-state index is 10.3. The monoisotopic (exact) mass is 319 g/mol. The summed E-state index contributed by atoms with van der Waals surface area (Å²) in [6, 6.07) is 2.14. The van der Waals surface area contributed by atoms with Crippen LogP contribution in [0.3, 0.4) is 0 Å². The van der Waals surface area contributed by atoms with Gasteiger partial charge in [-0.05, 0) is 28.9 Å². The third kappa shape index (κ3) is 3.76. The molecule has 17 heavy (non-hydrogen) atoms. The Labute approximate surface area is 114 Å². The third-order valence-electron chi connectivity index (χ3n) is 3.09. The predicted octanol–water partition coefficient (Wildman–Crippen LogP) is 2.45. The first kappa shape index (κ1) is 13.5. The fourth-order valence-corrected chi connectivity index (χ4v) is 3.52. The number of nitrogens with one attached hydrogen (secondary N) is 1. The highest BCUT2D eigenvalue weighted by Crippen LogP contribution is 2.26. The van der Waals surface area contributed by atoms with Gasteiger partial charge < -0.3 is 15.2 Å². The summed E-state index contributed by atoms with van der Waals surface area (Å²) < 4.78 is 6.43. The number of rotatable bonds is 4. The van der Waals surface area contributed by atoms with Gasteiger partial charge in [0, 0.05) is 53.4 Å². The minimum absolute atomic E-state index is 0.582. The van der Waals surface area contributed by atoms with Gasteiger partial charge in [0.2, 0.25) is 0 Å². The van der Waals surface area contributed by atoms with E-state index in [1.165, 1.54) is 14.2 Å². The number of halogens is 1. The number of ether oxygens (including phenoxy) is 1. The molecule has 2 N–H and O–H groups in total. The van der Waals surface area contributed by atoms with Crippen LogP contribution in [-0.4, -0.2) is 30.5 Å². The molecule has 1 aliphatic rings. The predicted molar refractivity (Wildman–Crippen MR) is 73.5 cm³/mol. The molecule has 0 atom stereocenters. The normalized spacial score (nSPS) is 19.5. The fraction of sp³-hybridized carbons (Fsp3) is 0.667. The first-order valence-electron chi connectivity index (χ1n) is 5.85. The second-order valence-corrected chi connectivity index (χ2v) is 6.75. The molecule has 1 aromatic heterocycles. The lowest BCUT2D eigenvalue weighted by atomic mass is 9.94. The summed E-state index contributed by atoms with van der Waals surface area (Å²) in [4.78, 5) is 2.59. The Morgan fingerprint density at radius 1 is 1.53 bits per heavy atom. The van der Waals surface area contributed by atoms with E-state index in [4.69, 9.17) is 4.74 Å². The van der Waals surface area contributed by atoms with Gasteiger partial charge in [-0.25, -0.2) is 0 Å². The van der Waals surface area contributed by atoms with E-state index >= 15 is 0 Å². The summed E-state index contributed by atoms with van der Waals surface area (Å²) in [5, 5.41) is 13.6. The van der Waals surface area contributed by atoms with Gasteiger partial charge in [-0.2, -0.15) is 0 Å². The van der Waals surface area contributed by atoms with Crippen LogP contribution >= 0.6 is 27.3 Å². The zero-order valence-electron chi connectivity index (χ0n) is 9.96. The van der Waals surface area contributed by atoms with Crippen LogP contribution in [0.15, 0.2) is 10.5 Å². The third-order valence-corrected chi connectivity index (χ3v) is 5.22. The topological polar surface area (TPSA) is 41.5 Å². The smallest absolute Gasteiger partial charge is 0.0815 e. The van der Waals surface area contributed by atoms with E-state index in [0.717, 1.165) is 19.4 Å². The molecule has 5 heteroatoms. The lowest BCUT2D eigenvalue weighted by molar-refractivity contribution is -0.0616. The molecule has 1 saturated heterocycles. The van der Waals surface area contributed by atoms with Crippen LogP contribution in [0.4, 0.5) is 0 Å². The molecule has 3 nitrogen and oxygen atoms in total. The fourth-order valence-electron chi connectivity index (χ4n) is 1.95. The minimum atomic E-state index is -0.582. The molecule has 0 amide bonds. The number of aryl methyl sites for hydroxylation is 1. The molecular formula is C12H18BrNO2S. The van der Waals surface area contributed by atoms with E-state index in [9.17, 15) is 5.11 Å². The largest absolute Gasteiger partial charge is 0.388 e. The van der Waals surface area contributed by atoms with Crippen molar-refractivity contribution in [3.8, 4) is 0 Å². The van der Waals surface area contributed by atoms with Crippen LogP contribution in [0.2, 0.25) is 0 Å². The van der Waals surface area contributed by atoms with Crippen LogP contribution < -0.4 is 5.32 Å². The maximum atomic E-state index is 10.3. The molecule has 1 aromatic rings. The highest BCUT2D eigenvalue weighted by molar-refractivity contribution is 9.10. The molecule has 2 rings (SSSR count). The van der Waals surface area contributed by atoms with Crippen molar-refractivity contribution in [2.45, 2.75) is 31.9 Å². The van der Waals surface area contributed by atoms with Crippen molar-refractivity contribution < 1.29 is 9.84 Å². The van der Waals surface area contributed by atoms with Crippen molar-refractivity contribution in [3.63, 3.8) is 0 Å². The van der Waals surface area contributed by atoms with Gasteiger partial charge in [0.1, 0.15) is 0 Å². The van der Waals surface area contributed by atoms with Crippen molar-refractivity contribution in [2.75, 3.05) is 19.8 Å². The van der Waals surface area contributed by atoms with Crippen LogP contribution in [0.5, 0.6) is 0 Å². The SMILES string of the molecule is Cc1sc(CNCC2(O)CCOCC2)cc1Br. The Hall–Kier alpha value is 0.0600. The number of hydrogen-bond donors (Lipinski definition) is 2. The molecular weight excluding hydrogens is 302 g/mol. The molecule has 0 radical (unpaired) electrons. The van der Waals surface area contributed by atoms with E-state index in [-0.39, 0.29) is 0 Å². The second-order valence-electron chi connectivity index (χ2n) is 4.56. The maximum Gasteiger partial charge on any atom is 0.0815 e. The van der Waals surface area contributed by atoms with E-state index in [1.54, 1.807) is 11.3 Å². The lowest BCUT2D eigenvalue weighted by Crippen LogP contribution is -2.44. The average Bonchev–Trinajstić information content (AvgIpc) is 2.59. The zero-order chi connectivity index (χ0) is 12.3. The first-order valence-corrected chi connectivity index (χ1v) is 7.46. The van der Waals surface area contributed by atoms with Crippen LogP contribution in [0, 0.1) is 6.92 Å². The molecule has 1 fully saturated rings. The molecule has 2 heterocycles. The van der Waals surface area contributed by atoms with Gasteiger partial charge >= 0.3 is 0 Å². The highest BCUT2D eigenvalue weighted by atomic mass is 79.9. The molecule has 0 aliphatic carbocycles. The summed E-state index contributed by atoms with van der Waals surface area (Å²) >= 11 is 5.30. The number of aliphatic hydroxyl groups is 1. The molecule has 96 valence electrons. The Bertz CT molecular complexity index is 355. The van der Waals surface area contributed by atoms with Gasteiger partial charge in [-0.3, -0.25) is 0 Å². The highest BCUT2D eigenvalue weighted by Gasteiger charge is 2.29. The summed E-state index contributed by atoms with van der Waals surface area (Å²) in [6.07, 6.45) is 1.46. The second kappa shape index (κ2) is 5.80. The Kier molecular flexibility index (Phi) is 4.60. The van der Waals surface area contributed by atoms with Crippen molar-refractivity contribution in [3.05, 3.63) is 20.3 Å². The zero-order valence-corrected chi connectivity index (χ0v) is 12.4. The van der Waals surface area contributed by atoms with E-state index in [2.05, 4.69) is 34.2 Å². The summed E-state index contributed by atoms with van der Waals surface area (Å²) in [6.45, 7) is 4.90. The Balaban J connectivity index is 1.78. The summed E-state index contributed by atoms with van der Waals surface area (Å²) in [5.74, 6) is 0. The van der Waals surface area contributed by atoms with Crippen LogP contribution in [-0.2, 0) is 11.3 Å². The van der Waals surface area contributed by atoms with E-state index in [1.807, 2.05) is 0 Å². The quantitative estimate of drug-likeness (QED) is 0.895. The van der Waals surface area contributed by atoms with Gasteiger partial charge in [0.05, 0.1) is 5.60 Å². The van der Waals surface area contributed by atoms with Crippen LogP contribution in [0.25, 0.3) is 0 Å². The van der Waals surface area contributed by atoms with Crippen molar-refractivity contribution in [2.24, 2.45) is 0 Å². The first-order chi connectivity index (χ1) is 8.09. The molecule has 1 aliphatic heterocycles. The molecule has 0 spiro atoms. The standard InChI is InChI=1S/C12H18BrNO2S/c1-9-11(13)6-10(17-9)7-14-8-12(15)2-4-16-5-3-12/h6,14-15H,2-5,7-8H2,1H3. The van der Waals surface area contributed by atoms with Crippen LogP contribution in [0.1, 0.15) is 22.6 Å². The van der Waals surface area contributed by atoms with Gasteiger partial charge in [-0.1, -0.05) is 0 Å². The van der Waals surface area contributed by atoms with Gasteiger partial charge in [0.25, 0.3) is 0 Å². The molecule has 0 unspecified atom stereocenters. The van der Waals surface area contributed by atoms with Crippen molar-refractivity contribution in [1.29, 1.82) is 0 Å². The molecule has 0 aromatic carbocycles. The van der Waals surface area contributed by atoms with Gasteiger partial charge in [-0.15, -0.1) is 11.3 Å². The molecule has 0 saturated carbocycles. The minimum Gasteiger partial charge on any atom is -0.388 e. The van der Waals surface area contributed by atoms with E-state index < -0.39 is 5.60 Å². The number of thiophene rings is 1. The van der Waals surface area contributed by atoms with E-state index in [0.29, 0.717) is 19.8 Å². The Morgan fingerprint density at radius 2 is 2.24 bits per heavy atom. The van der Waals surface area contributed by atoms with Crippen molar-refractivity contribution in [1.82, 2.24) is 5.32 Å². The molecule has 0 bridgehead atoms.